The summed E-state index contributed by atoms with van der Waals surface area (Å²) in [5, 5.41) is 0. The predicted octanol–water partition coefficient (Wildman–Crippen LogP) is 3.54. The van der Waals surface area contributed by atoms with Crippen molar-refractivity contribution in [2.24, 2.45) is 23.3 Å². The molecule has 0 aromatic carbocycles. The average molecular weight is 279 g/mol. The topological polar surface area (TPSA) is 52.0 Å². The fraction of sp³-hybridized carbons (Fsp3) is 1.00. The second-order valence-corrected chi connectivity index (χ2v) is 7.61. The van der Waals surface area contributed by atoms with Crippen LogP contribution in [0.3, 0.4) is 0 Å². The zero-order valence-corrected chi connectivity index (χ0v) is 11.9. The van der Waals surface area contributed by atoms with E-state index in [2.05, 4.69) is 0 Å². The van der Waals surface area contributed by atoms with Crippen LogP contribution >= 0.6 is 23.2 Å². The van der Waals surface area contributed by atoms with E-state index in [0.29, 0.717) is 11.8 Å². The van der Waals surface area contributed by atoms with Crippen LogP contribution in [0.5, 0.6) is 0 Å². The standard InChI is InChI=1S/C13H24Cl2N2/c14-12(15)8-6-11(7-9-12)13(16,17)10-4-2-1-3-5-10/h10-11H,1-9,16-17H2. The highest BCUT2D eigenvalue weighted by atomic mass is 35.5. The van der Waals surface area contributed by atoms with Gasteiger partial charge in [0.2, 0.25) is 0 Å². The number of nitrogens with two attached hydrogens (primary N) is 2. The van der Waals surface area contributed by atoms with Crippen LogP contribution in [0.2, 0.25) is 0 Å². The molecule has 4 heteroatoms. The molecule has 2 fully saturated rings. The van der Waals surface area contributed by atoms with Crippen LogP contribution in [-0.4, -0.2) is 10.00 Å². The maximum Gasteiger partial charge on any atom is 0.118 e. The summed E-state index contributed by atoms with van der Waals surface area (Å²) >= 11 is 12.3. The second kappa shape index (κ2) is 5.24. The monoisotopic (exact) mass is 278 g/mol. The van der Waals surface area contributed by atoms with Crippen molar-refractivity contribution in [3.05, 3.63) is 0 Å². The lowest BCUT2D eigenvalue weighted by molar-refractivity contribution is 0.109. The Labute approximate surface area is 114 Å². The Morgan fingerprint density at radius 1 is 0.824 bits per heavy atom. The van der Waals surface area contributed by atoms with Crippen LogP contribution in [0.4, 0.5) is 0 Å². The molecule has 100 valence electrons. The molecule has 0 unspecified atom stereocenters. The minimum absolute atomic E-state index is 0.385. The van der Waals surface area contributed by atoms with E-state index in [4.69, 9.17) is 34.7 Å². The van der Waals surface area contributed by atoms with Crippen LogP contribution in [-0.2, 0) is 0 Å². The van der Waals surface area contributed by atoms with Gasteiger partial charge in [0.05, 0.1) is 5.66 Å². The fourth-order valence-corrected chi connectivity index (χ4v) is 3.91. The van der Waals surface area contributed by atoms with Gasteiger partial charge in [0.15, 0.2) is 0 Å². The molecular weight excluding hydrogens is 255 g/mol. The highest BCUT2D eigenvalue weighted by molar-refractivity contribution is 6.48. The van der Waals surface area contributed by atoms with Gasteiger partial charge in [-0.3, -0.25) is 0 Å². The molecule has 0 saturated heterocycles. The summed E-state index contributed by atoms with van der Waals surface area (Å²) in [6.07, 6.45) is 9.86. The summed E-state index contributed by atoms with van der Waals surface area (Å²) in [4.78, 5) is 0. The lowest BCUT2D eigenvalue weighted by Crippen LogP contribution is -2.62. The molecule has 0 aliphatic heterocycles. The van der Waals surface area contributed by atoms with E-state index in [1.54, 1.807) is 0 Å². The van der Waals surface area contributed by atoms with E-state index >= 15 is 0 Å². The van der Waals surface area contributed by atoms with Gasteiger partial charge in [-0.2, -0.15) is 0 Å². The summed E-state index contributed by atoms with van der Waals surface area (Å²) in [6.45, 7) is 0. The third-order valence-electron chi connectivity index (χ3n) is 4.74. The minimum Gasteiger partial charge on any atom is -0.313 e. The Kier molecular flexibility index (Phi) is 4.29. The quantitative estimate of drug-likeness (QED) is 0.600. The predicted molar refractivity (Wildman–Crippen MR) is 74.1 cm³/mol. The van der Waals surface area contributed by atoms with Crippen LogP contribution < -0.4 is 11.5 Å². The van der Waals surface area contributed by atoms with Crippen molar-refractivity contribution >= 4 is 23.2 Å². The summed E-state index contributed by atoms with van der Waals surface area (Å²) < 4.78 is -0.543. The van der Waals surface area contributed by atoms with Crippen LogP contribution in [0, 0.1) is 11.8 Å². The fourth-order valence-electron chi connectivity index (χ4n) is 3.48. The van der Waals surface area contributed by atoms with Crippen LogP contribution in [0.1, 0.15) is 57.8 Å². The number of alkyl halides is 2. The van der Waals surface area contributed by atoms with Gasteiger partial charge in [0.1, 0.15) is 4.33 Å². The zero-order chi connectivity index (χ0) is 12.5. The number of hydrogen-bond donors (Lipinski definition) is 2. The van der Waals surface area contributed by atoms with E-state index in [9.17, 15) is 0 Å². The third-order valence-corrected chi connectivity index (χ3v) is 5.49. The molecule has 0 atom stereocenters. The van der Waals surface area contributed by atoms with Gasteiger partial charge in [-0.05, 0) is 50.4 Å². The zero-order valence-electron chi connectivity index (χ0n) is 10.4. The van der Waals surface area contributed by atoms with Gasteiger partial charge >= 0.3 is 0 Å². The highest BCUT2D eigenvalue weighted by Gasteiger charge is 2.43. The molecule has 2 rings (SSSR count). The SMILES string of the molecule is NC(N)(C1CCCCC1)C1CCC(Cl)(Cl)CC1. The van der Waals surface area contributed by atoms with E-state index in [0.717, 1.165) is 25.7 Å². The Hall–Kier alpha value is 0.500. The summed E-state index contributed by atoms with van der Waals surface area (Å²) in [6, 6.07) is 0. The lowest BCUT2D eigenvalue weighted by Gasteiger charge is -2.45. The molecule has 17 heavy (non-hydrogen) atoms. The van der Waals surface area contributed by atoms with Gasteiger partial charge in [0, 0.05) is 0 Å². The molecular formula is C13H24Cl2N2. The molecule has 2 aliphatic carbocycles. The first-order chi connectivity index (χ1) is 7.92. The van der Waals surface area contributed by atoms with Gasteiger partial charge < -0.3 is 11.5 Å². The molecule has 2 nitrogen and oxygen atoms in total. The lowest BCUT2D eigenvalue weighted by atomic mass is 9.70. The van der Waals surface area contributed by atoms with Crippen molar-refractivity contribution in [2.75, 3.05) is 0 Å². The normalized spacial score (nSPS) is 28.2. The van der Waals surface area contributed by atoms with Crippen molar-refractivity contribution in [2.45, 2.75) is 67.8 Å². The van der Waals surface area contributed by atoms with E-state index < -0.39 is 10.00 Å². The van der Waals surface area contributed by atoms with E-state index in [1.165, 1.54) is 32.1 Å². The Morgan fingerprint density at radius 3 is 1.82 bits per heavy atom. The molecule has 0 amide bonds. The van der Waals surface area contributed by atoms with Crippen LogP contribution in [0.25, 0.3) is 0 Å². The van der Waals surface area contributed by atoms with Crippen LogP contribution in [0.15, 0.2) is 0 Å². The summed E-state index contributed by atoms with van der Waals surface area (Å²) in [7, 11) is 0. The molecule has 0 spiro atoms. The van der Waals surface area contributed by atoms with Gasteiger partial charge in [-0.25, -0.2) is 0 Å². The Balaban J connectivity index is 1.95. The average Bonchev–Trinajstić information content (AvgIpc) is 2.29. The second-order valence-electron chi connectivity index (χ2n) is 5.97. The molecule has 2 saturated carbocycles. The van der Waals surface area contributed by atoms with Crippen molar-refractivity contribution in [1.29, 1.82) is 0 Å². The molecule has 0 heterocycles. The number of rotatable bonds is 2. The third kappa shape index (κ3) is 3.28. The smallest absolute Gasteiger partial charge is 0.118 e. The minimum atomic E-state index is -0.543. The number of halogens is 2. The molecule has 0 bridgehead atoms. The Bertz CT molecular complexity index is 250. The largest absolute Gasteiger partial charge is 0.313 e. The molecule has 0 aromatic heterocycles. The molecule has 0 aromatic rings. The first kappa shape index (κ1) is 13.9. The van der Waals surface area contributed by atoms with Gasteiger partial charge in [-0.1, -0.05) is 19.3 Å². The van der Waals surface area contributed by atoms with Crippen molar-refractivity contribution in [3.8, 4) is 0 Å². The summed E-state index contributed by atoms with van der Waals surface area (Å²) in [5.41, 5.74) is 12.4. The molecule has 2 aliphatic rings. The molecule has 4 N–H and O–H groups in total. The Morgan fingerprint density at radius 2 is 1.29 bits per heavy atom. The first-order valence-electron chi connectivity index (χ1n) is 6.87. The van der Waals surface area contributed by atoms with Crippen molar-refractivity contribution < 1.29 is 0 Å². The van der Waals surface area contributed by atoms with E-state index in [-0.39, 0.29) is 0 Å². The van der Waals surface area contributed by atoms with Gasteiger partial charge in [0.25, 0.3) is 0 Å². The van der Waals surface area contributed by atoms with Crippen molar-refractivity contribution in [1.82, 2.24) is 0 Å². The van der Waals surface area contributed by atoms with E-state index in [1.807, 2.05) is 0 Å². The number of hydrogen-bond acceptors (Lipinski definition) is 2. The maximum absolute atomic E-state index is 6.45. The first-order valence-corrected chi connectivity index (χ1v) is 7.63. The highest BCUT2D eigenvalue weighted by Crippen LogP contribution is 2.45. The maximum atomic E-state index is 6.45. The van der Waals surface area contributed by atoms with Crippen molar-refractivity contribution in [3.63, 3.8) is 0 Å². The van der Waals surface area contributed by atoms with Gasteiger partial charge in [-0.15, -0.1) is 23.2 Å². The summed E-state index contributed by atoms with van der Waals surface area (Å²) in [5.74, 6) is 0.871. The molecule has 0 radical (unpaired) electrons.